The van der Waals surface area contributed by atoms with E-state index in [2.05, 4.69) is 20.1 Å². The molecule has 24 heavy (non-hydrogen) atoms. The topological polar surface area (TPSA) is 48.5 Å². The fraction of sp³-hybridized carbons (Fsp3) is 0.444. The molecule has 6 heteroatoms. The molecule has 1 amide bonds. The van der Waals surface area contributed by atoms with Crippen LogP contribution < -0.4 is 10.2 Å². The number of nitrogens with zero attached hydrogens (tertiary/aromatic N) is 3. The summed E-state index contributed by atoms with van der Waals surface area (Å²) < 4.78 is 0. The lowest BCUT2D eigenvalue weighted by atomic mass is 10.1. The van der Waals surface area contributed by atoms with Gasteiger partial charge in [0.05, 0.1) is 12.1 Å². The Hall–Kier alpha value is -1.92. The van der Waals surface area contributed by atoms with Crippen molar-refractivity contribution in [1.29, 1.82) is 0 Å². The van der Waals surface area contributed by atoms with E-state index in [9.17, 15) is 4.79 Å². The molecule has 1 aliphatic rings. The number of amides is 1. The molecular formula is C18H24N4OS. The van der Waals surface area contributed by atoms with E-state index in [0.717, 1.165) is 36.9 Å². The summed E-state index contributed by atoms with van der Waals surface area (Å²) in [4.78, 5) is 21.5. The van der Waals surface area contributed by atoms with E-state index >= 15 is 0 Å². The van der Waals surface area contributed by atoms with Crippen LogP contribution >= 0.6 is 11.3 Å². The van der Waals surface area contributed by atoms with Gasteiger partial charge in [-0.2, -0.15) is 0 Å². The Morgan fingerprint density at radius 1 is 1.17 bits per heavy atom. The second kappa shape index (κ2) is 7.77. The molecule has 0 bridgehead atoms. The summed E-state index contributed by atoms with van der Waals surface area (Å²) in [5, 5.41) is 6.20. The highest BCUT2D eigenvalue weighted by atomic mass is 32.1. The molecule has 1 aromatic heterocycles. The van der Waals surface area contributed by atoms with Gasteiger partial charge in [0.25, 0.3) is 0 Å². The first-order valence-corrected chi connectivity index (χ1v) is 9.27. The molecule has 5 nitrogen and oxygen atoms in total. The van der Waals surface area contributed by atoms with Gasteiger partial charge >= 0.3 is 0 Å². The molecule has 0 spiro atoms. The summed E-state index contributed by atoms with van der Waals surface area (Å²) in [5.41, 5.74) is 1.13. The lowest BCUT2D eigenvalue weighted by Gasteiger charge is -2.37. The first kappa shape index (κ1) is 16.9. The predicted molar refractivity (Wildman–Crippen MR) is 98.4 cm³/mol. The largest absolute Gasteiger partial charge is 0.348 e. The van der Waals surface area contributed by atoms with Crippen molar-refractivity contribution in [1.82, 2.24) is 15.2 Å². The first-order chi connectivity index (χ1) is 11.6. The van der Waals surface area contributed by atoms with Crippen LogP contribution in [-0.4, -0.2) is 48.0 Å². The Balaban J connectivity index is 1.51. The number of benzene rings is 1. The third kappa shape index (κ3) is 3.94. The molecule has 1 aromatic carbocycles. The van der Waals surface area contributed by atoms with Gasteiger partial charge in [0.2, 0.25) is 5.91 Å². The lowest BCUT2D eigenvalue weighted by molar-refractivity contribution is -0.126. The number of rotatable bonds is 5. The van der Waals surface area contributed by atoms with Crippen molar-refractivity contribution in [2.75, 3.05) is 31.1 Å². The maximum Gasteiger partial charge on any atom is 0.237 e. The number of carbonyl (C=O) groups is 1. The monoisotopic (exact) mass is 344 g/mol. The number of hydrogen-bond acceptors (Lipinski definition) is 5. The number of hydrogen-bond donors (Lipinski definition) is 1. The first-order valence-electron chi connectivity index (χ1n) is 8.39. The average molecular weight is 344 g/mol. The normalized spacial score (nSPS) is 18.2. The molecule has 3 rings (SSSR count). The molecule has 0 saturated carbocycles. The highest BCUT2D eigenvalue weighted by molar-refractivity contribution is 7.13. The highest BCUT2D eigenvalue weighted by Gasteiger charge is 2.27. The third-order valence-corrected chi connectivity index (χ3v) is 5.42. The van der Waals surface area contributed by atoms with E-state index in [0.29, 0.717) is 0 Å². The lowest BCUT2D eigenvalue weighted by Crippen LogP contribution is -2.54. The smallest absolute Gasteiger partial charge is 0.237 e. The third-order valence-electron chi connectivity index (χ3n) is 4.59. The number of anilines is 1. The van der Waals surface area contributed by atoms with Gasteiger partial charge in [-0.1, -0.05) is 30.3 Å². The van der Waals surface area contributed by atoms with Crippen molar-refractivity contribution in [3.05, 3.63) is 47.5 Å². The molecule has 2 atom stereocenters. The van der Waals surface area contributed by atoms with Gasteiger partial charge in [0, 0.05) is 37.8 Å². The second-order valence-corrected chi connectivity index (χ2v) is 7.03. The van der Waals surface area contributed by atoms with Gasteiger partial charge in [-0.05, 0) is 19.4 Å². The second-order valence-electron chi connectivity index (χ2n) is 6.15. The Morgan fingerprint density at radius 3 is 2.50 bits per heavy atom. The molecule has 2 heterocycles. The van der Waals surface area contributed by atoms with Crippen LogP contribution in [0.3, 0.4) is 0 Å². The molecule has 1 N–H and O–H groups in total. The Morgan fingerprint density at radius 2 is 1.88 bits per heavy atom. The van der Waals surface area contributed by atoms with Gasteiger partial charge in [-0.15, -0.1) is 11.3 Å². The van der Waals surface area contributed by atoms with Gasteiger partial charge in [0.1, 0.15) is 0 Å². The summed E-state index contributed by atoms with van der Waals surface area (Å²) in [7, 11) is 0. The van der Waals surface area contributed by atoms with Crippen LogP contribution in [0.4, 0.5) is 5.13 Å². The Labute approximate surface area is 147 Å². The van der Waals surface area contributed by atoms with E-state index in [1.54, 1.807) is 11.3 Å². The van der Waals surface area contributed by atoms with Crippen LogP contribution in [0.1, 0.15) is 25.5 Å². The van der Waals surface area contributed by atoms with Crippen molar-refractivity contribution in [3.8, 4) is 0 Å². The van der Waals surface area contributed by atoms with Crippen LogP contribution in [0.5, 0.6) is 0 Å². The van der Waals surface area contributed by atoms with Crippen LogP contribution in [0.2, 0.25) is 0 Å². The molecule has 0 aliphatic carbocycles. The van der Waals surface area contributed by atoms with Crippen molar-refractivity contribution >= 4 is 22.4 Å². The summed E-state index contributed by atoms with van der Waals surface area (Å²) in [6.07, 6.45) is 1.84. The van der Waals surface area contributed by atoms with E-state index in [1.165, 1.54) is 0 Å². The zero-order valence-electron chi connectivity index (χ0n) is 14.2. The average Bonchev–Trinajstić information content (AvgIpc) is 3.16. The van der Waals surface area contributed by atoms with Crippen LogP contribution in [0.15, 0.2) is 41.9 Å². The molecule has 0 radical (unpaired) electrons. The number of aromatic nitrogens is 1. The molecular weight excluding hydrogens is 320 g/mol. The van der Waals surface area contributed by atoms with E-state index in [-0.39, 0.29) is 18.0 Å². The Kier molecular flexibility index (Phi) is 5.48. The van der Waals surface area contributed by atoms with Gasteiger partial charge < -0.3 is 10.2 Å². The minimum absolute atomic E-state index is 0.0257. The molecule has 1 saturated heterocycles. The predicted octanol–water partition coefficient (Wildman–Crippen LogP) is 2.53. The molecule has 0 unspecified atom stereocenters. The fourth-order valence-corrected chi connectivity index (χ4v) is 3.69. The van der Waals surface area contributed by atoms with Gasteiger partial charge in [0.15, 0.2) is 5.13 Å². The van der Waals surface area contributed by atoms with E-state index in [4.69, 9.17) is 0 Å². The maximum absolute atomic E-state index is 12.6. The summed E-state index contributed by atoms with van der Waals surface area (Å²) in [6.45, 7) is 7.62. The molecule has 128 valence electrons. The fourth-order valence-electron chi connectivity index (χ4n) is 3.00. The quantitative estimate of drug-likeness (QED) is 0.905. The zero-order chi connectivity index (χ0) is 16.9. The molecule has 1 fully saturated rings. The maximum atomic E-state index is 12.6. The van der Waals surface area contributed by atoms with Gasteiger partial charge in [-0.3, -0.25) is 9.69 Å². The number of piperazine rings is 1. The number of thiazole rings is 1. The SMILES string of the molecule is C[C@H](NC(=O)[C@H](C)N1CCN(c2nccs2)CC1)c1ccccc1. The highest BCUT2D eigenvalue weighted by Crippen LogP contribution is 2.20. The minimum atomic E-state index is -0.116. The number of carbonyl (C=O) groups excluding carboxylic acids is 1. The summed E-state index contributed by atoms with van der Waals surface area (Å²) in [5.74, 6) is 0.0917. The Bertz CT molecular complexity index is 638. The number of nitrogens with one attached hydrogen (secondary N) is 1. The summed E-state index contributed by atoms with van der Waals surface area (Å²) in [6, 6.07) is 9.98. The summed E-state index contributed by atoms with van der Waals surface area (Å²) >= 11 is 1.67. The zero-order valence-corrected chi connectivity index (χ0v) is 15.0. The minimum Gasteiger partial charge on any atom is -0.348 e. The van der Waals surface area contributed by atoms with Gasteiger partial charge in [-0.25, -0.2) is 4.98 Å². The van der Waals surface area contributed by atoms with Crippen molar-refractivity contribution < 1.29 is 4.79 Å². The van der Waals surface area contributed by atoms with E-state index in [1.807, 2.05) is 55.8 Å². The molecule has 1 aliphatic heterocycles. The van der Waals surface area contributed by atoms with Crippen LogP contribution in [0.25, 0.3) is 0 Å². The van der Waals surface area contributed by atoms with Crippen LogP contribution in [-0.2, 0) is 4.79 Å². The van der Waals surface area contributed by atoms with E-state index < -0.39 is 0 Å². The molecule has 2 aromatic rings. The van der Waals surface area contributed by atoms with Crippen LogP contribution in [0, 0.1) is 0 Å². The standard InChI is InChI=1S/C18H24N4OS/c1-14(16-6-4-3-5-7-16)20-17(23)15(2)21-9-11-22(12-10-21)18-19-8-13-24-18/h3-8,13-15H,9-12H2,1-2H3,(H,20,23)/t14-,15-/m0/s1. The van der Waals surface area contributed by atoms with Crippen molar-refractivity contribution in [2.45, 2.75) is 25.9 Å². The van der Waals surface area contributed by atoms with Crippen molar-refractivity contribution in [2.24, 2.45) is 0 Å². The van der Waals surface area contributed by atoms with Crippen molar-refractivity contribution in [3.63, 3.8) is 0 Å².